The van der Waals surface area contributed by atoms with Gasteiger partial charge in [-0.25, -0.2) is 4.68 Å². The third-order valence-corrected chi connectivity index (χ3v) is 6.13. The van der Waals surface area contributed by atoms with Crippen molar-refractivity contribution in [3.63, 3.8) is 0 Å². The number of nitrogens with zero attached hydrogens (tertiary/aromatic N) is 3. The lowest BCUT2D eigenvalue weighted by Gasteiger charge is -2.29. The van der Waals surface area contributed by atoms with Crippen molar-refractivity contribution in [2.45, 2.75) is 52.3 Å². The smallest absolute Gasteiger partial charge is 0.251 e. The summed E-state index contributed by atoms with van der Waals surface area (Å²) in [5.74, 6) is 1.26. The summed E-state index contributed by atoms with van der Waals surface area (Å²) >= 11 is 5.95. The third-order valence-electron chi connectivity index (χ3n) is 5.87. The minimum Gasteiger partial charge on any atom is -0.489 e. The number of hydrogen-bond acceptors (Lipinski definition) is 5. The van der Waals surface area contributed by atoms with Gasteiger partial charge in [-0.1, -0.05) is 49.7 Å². The van der Waals surface area contributed by atoms with Crippen molar-refractivity contribution in [3.05, 3.63) is 82.3 Å². The number of nitrogens with one attached hydrogen (secondary N) is 2. The molecule has 0 radical (unpaired) electrons. The first kappa shape index (κ1) is 22.9. The van der Waals surface area contributed by atoms with Crippen molar-refractivity contribution in [2.75, 3.05) is 5.32 Å². The molecule has 0 spiro atoms. The van der Waals surface area contributed by atoms with E-state index < -0.39 is 0 Å². The number of ether oxygens (including phenoxy) is 1. The first-order valence-corrected chi connectivity index (χ1v) is 11.5. The molecule has 172 valence electrons. The first-order valence-electron chi connectivity index (χ1n) is 11.2. The maximum absolute atomic E-state index is 13.3. The zero-order chi connectivity index (χ0) is 23.4. The average molecular weight is 466 g/mol. The van der Waals surface area contributed by atoms with E-state index in [0.29, 0.717) is 23.2 Å². The highest BCUT2D eigenvalue weighted by molar-refractivity contribution is 6.30. The molecule has 2 N–H and O–H groups in total. The van der Waals surface area contributed by atoms with Crippen LogP contribution < -0.4 is 15.4 Å². The predicted molar refractivity (Wildman–Crippen MR) is 129 cm³/mol. The van der Waals surface area contributed by atoms with Gasteiger partial charge < -0.3 is 15.4 Å². The summed E-state index contributed by atoms with van der Waals surface area (Å²) in [7, 11) is 0. The molecule has 1 amide bonds. The van der Waals surface area contributed by atoms with Crippen molar-refractivity contribution in [3.8, 4) is 5.75 Å². The van der Waals surface area contributed by atoms with E-state index in [-0.39, 0.29) is 18.0 Å². The second-order valence-electron chi connectivity index (χ2n) is 8.07. The third kappa shape index (κ3) is 5.03. The van der Waals surface area contributed by atoms with Crippen molar-refractivity contribution >= 4 is 23.5 Å². The molecule has 0 unspecified atom stereocenters. The van der Waals surface area contributed by atoms with E-state index in [0.717, 1.165) is 35.4 Å². The van der Waals surface area contributed by atoms with Crippen molar-refractivity contribution in [2.24, 2.45) is 0 Å². The zero-order valence-corrected chi connectivity index (χ0v) is 19.8. The summed E-state index contributed by atoms with van der Waals surface area (Å²) in [4.78, 5) is 17.6. The molecule has 0 saturated carbocycles. The quantitative estimate of drug-likeness (QED) is 0.483. The Morgan fingerprint density at radius 1 is 1.15 bits per heavy atom. The average Bonchev–Trinajstić information content (AvgIpc) is 3.29. The predicted octanol–water partition coefficient (Wildman–Crippen LogP) is 5.10. The van der Waals surface area contributed by atoms with Crippen LogP contribution in [0.15, 0.2) is 66.1 Å². The topological polar surface area (TPSA) is 81.1 Å². The van der Waals surface area contributed by atoms with Crippen LogP contribution in [-0.2, 0) is 11.4 Å². The lowest BCUT2D eigenvalue weighted by molar-refractivity contribution is -0.118. The van der Waals surface area contributed by atoms with Crippen LogP contribution in [0.25, 0.3) is 0 Å². The number of benzene rings is 2. The Bertz CT molecular complexity index is 1130. The van der Waals surface area contributed by atoms with E-state index in [4.69, 9.17) is 16.3 Å². The molecule has 0 saturated heterocycles. The van der Waals surface area contributed by atoms with E-state index in [1.807, 2.05) is 55.5 Å². The van der Waals surface area contributed by atoms with Gasteiger partial charge >= 0.3 is 0 Å². The van der Waals surface area contributed by atoms with Crippen molar-refractivity contribution < 1.29 is 9.53 Å². The zero-order valence-electron chi connectivity index (χ0n) is 19.0. The fourth-order valence-electron chi connectivity index (χ4n) is 3.94. The van der Waals surface area contributed by atoms with Crippen LogP contribution in [0, 0.1) is 0 Å². The number of amides is 1. The van der Waals surface area contributed by atoms with E-state index in [9.17, 15) is 4.79 Å². The molecule has 2 aromatic carbocycles. The number of anilines is 1. The summed E-state index contributed by atoms with van der Waals surface area (Å²) in [5.41, 5.74) is 3.37. The Labute approximate surface area is 198 Å². The number of aromatic nitrogens is 3. The number of allylic oxidation sites excluding steroid dienone is 1. The van der Waals surface area contributed by atoms with Gasteiger partial charge in [0, 0.05) is 16.8 Å². The lowest BCUT2D eigenvalue weighted by Crippen LogP contribution is -2.39. The molecule has 8 heteroatoms. The standard InChI is InChI=1S/C25H28ClN5O2/c1-4-20(5-2)30-24(32)22-16(3)29-25-27-15-28-31(25)23(22)18-8-12-21(13-9-18)33-14-17-6-10-19(26)11-7-17/h6-13,15,20,23H,4-5,14H2,1-3H3,(H,30,32)(H,27,28,29)/t23-/m0/s1. The summed E-state index contributed by atoms with van der Waals surface area (Å²) in [6.07, 6.45) is 3.25. The number of rotatable bonds is 8. The molecule has 2 heterocycles. The van der Waals surface area contributed by atoms with Gasteiger partial charge in [0.2, 0.25) is 5.95 Å². The van der Waals surface area contributed by atoms with Gasteiger partial charge in [-0.2, -0.15) is 10.1 Å². The summed E-state index contributed by atoms with van der Waals surface area (Å²) in [6.45, 7) is 6.49. The van der Waals surface area contributed by atoms with Gasteiger partial charge in [0.05, 0.1) is 5.57 Å². The van der Waals surface area contributed by atoms with Crippen LogP contribution in [-0.4, -0.2) is 26.7 Å². The van der Waals surface area contributed by atoms with Gasteiger partial charge in [0.15, 0.2) is 0 Å². The van der Waals surface area contributed by atoms with Crippen LogP contribution in [0.4, 0.5) is 5.95 Å². The van der Waals surface area contributed by atoms with Crippen LogP contribution in [0.5, 0.6) is 5.75 Å². The van der Waals surface area contributed by atoms with E-state index in [1.165, 1.54) is 6.33 Å². The molecule has 1 aliphatic heterocycles. The van der Waals surface area contributed by atoms with Gasteiger partial charge in [-0.3, -0.25) is 4.79 Å². The molecule has 4 rings (SSSR count). The normalized spacial score (nSPS) is 15.2. The number of halogens is 1. The van der Waals surface area contributed by atoms with Gasteiger partial charge in [-0.15, -0.1) is 0 Å². The number of fused-ring (bicyclic) bond motifs is 1. The molecule has 1 aromatic heterocycles. The lowest BCUT2D eigenvalue weighted by atomic mass is 9.94. The Hall–Kier alpha value is -3.32. The van der Waals surface area contributed by atoms with Crippen molar-refractivity contribution in [1.29, 1.82) is 0 Å². The minimum atomic E-state index is -0.386. The van der Waals surface area contributed by atoms with Crippen molar-refractivity contribution in [1.82, 2.24) is 20.1 Å². The summed E-state index contributed by atoms with van der Waals surface area (Å²) in [6, 6.07) is 15.1. The van der Waals surface area contributed by atoms with Crippen LogP contribution in [0.1, 0.15) is 50.8 Å². The van der Waals surface area contributed by atoms with Crippen LogP contribution in [0.2, 0.25) is 5.02 Å². The Balaban J connectivity index is 1.58. The van der Waals surface area contributed by atoms with Gasteiger partial charge in [0.25, 0.3) is 5.91 Å². The molecule has 7 nitrogen and oxygen atoms in total. The van der Waals surface area contributed by atoms with E-state index in [2.05, 4.69) is 34.6 Å². The molecule has 1 aliphatic rings. The Morgan fingerprint density at radius 2 is 1.85 bits per heavy atom. The highest BCUT2D eigenvalue weighted by Gasteiger charge is 2.33. The minimum absolute atomic E-state index is 0.0945. The molecule has 1 atom stereocenters. The summed E-state index contributed by atoms with van der Waals surface area (Å²) < 4.78 is 7.67. The molecular weight excluding hydrogens is 438 g/mol. The first-order chi connectivity index (χ1) is 16.0. The highest BCUT2D eigenvalue weighted by Crippen LogP contribution is 2.35. The largest absolute Gasteiger partial charge is 0.489 e. The van der Waals surface area contributed by atoms with Crippen LogP contribution in [0.3, 0.4) is 0 Å². The number of hydrogen-bond donors (Lipinski definition) is 2. The summed E-state index contributed by atoms with van der Waals surface area (Å²) in [5, 5.41) is 11.5. The molecular formula is C25H28ClN5O2. The van der Waals surface area contributed by atoms with Gasteiger partial charge in [-0.05, 0) is 55.2 Å². The second kappa shape index (κ2) is 10.1. The number of carbonyl (C=O) groups excluding carboxylic acids is 1. The van der Waals surface area contributed by atoms with E-state index >= 15 is 0 Å². The molecule has 33 heavy (non-hydrogen) atoms. The fraction of sp³-hybridized carbons (Fsp3) is 0.320. The molecule has 0 fully saturated rings. The highest BCUT2D eigenvalue weighted by atomic mass is 35.5. The Morgan fingerprint density at radius 3 is 2.52 bits per heavy atom. The molecule has 3 aromatic rings. The van der Waals surface area contributed by atoms with E-state index in [1.54, 1.807) is 4.68 Å². The maximum Gasteiger partial charge on any atom is 0.251 e. The van der Waals surface area contributed by atoms with Crippen LogP contribution >= 0.6 is 11.6 Å². The van der Waals surface area contributed by atoms with Gasteiger partial charge in [0.1, 0.15) is 24.7 Å². The molecule has 0 bridgehead atoms. The Kier molecular flexibility index (Phi) is 6.99. The second-order valence-corrected chi connectivity index (χ2v) is 8.50. The SMILES string of the molecule is CCC(CC)NC(=O)C1=C(C)Nc2ncnn2[C@H]1c1ccc(OCc2ccc(Cl)cc2)cc1. The molecule has 0 aliphatic carbocycles. The maximum atomic E-state index is 13.3. The number of carbonyl (C=O) groups is 1. The monoisotopic (exact) mass is 465 g/mol. The fourth-order valence-corrected chi connectivity index (χ4v) is 4.07.